The van der Waals surface area contributed by atoms with Crippen molar-refractivity contribution in [2.24, 2.45) is 0 Å². The van der Waals surface area contributed by atoms with Crippen LogP contribution in [-0.2, 0) is 23.9 Å². The molecule has 196 valence electrons. The number of nitrogens with one attached hydrogen (secondary N) is 2. The van der Waals surface area contributed by atoms with Crippen molar-refractivity contribution < 1.29 is 28.7 Å². The average molecular weight is 492 g/mol. The monoisotopic (exact) mass is 491 g/mol. The van der Waals surface area contributed by atoms with E-state index in [1.54, 1.807) is 26.8 Å². The number of aryl methyl sites for hydroxylation is 1. The Kier molecular flexibility index (Phi) is 12.3. The summed E-state index contributed by atoms with van der Waals surface area (Å²) in [6, 6.07) is 4.59. The van der Waals surface area contributed by atoms with Gasteiger partial charge in [-0.2, -0.15) is 0 Å². The van der Waals surface area contributed by atoms with Crippen LogP contribution in [0, 0.1) is 13.8 Å². The Bertz CT molecular complexity index is 878. The molecule has 0 saturated heterocycles. The zero-order valence-corrected chi connectivity index (χ0v) is 22.2. The first kappa shape index (κ1) is 29.9. The van der Waals surface area contributed by atoms with Gasteiger partial charge in [0.25, 0.3) is 0 Å². The number of methoxy groups -OCH3 is 1. The molecule has 0 aliphatic heterocycles. The summed E-state index contributed by atoms with van der Waals surface area (Å²) in [5.41, 5.74) is 1.80. The molecular weight excluding hydrogens is 450 g/mol. The summed E-state index contributed by atoms with van der Waals surface area (Å²) in [5.74, 6) is -1.51. The Morgan fingerprint density at radius 2 is 1.69 bits per heavy atom. The number of hydrogen-bond acceptors (Lipinski definition) is 6. The van der Waals surface area contributed by atoms with E-state index in [0.29, 0.717) is 18.5 Å². The number of benzene rings is 1. The minimum Gasteiger partial charge on any atom is -0.468 e. The van der Waals surface area contributed by atoms with Crippen LogP contribution in [-0.4, -0.2) is 61.1 Å². The van der Waals surface area contributed by atoms with Gasteiger partial charge in [0.1, 0.15) is 24.7 Å². The quantitative estimate of drug-likeness (QED) is 0.341. The number of nitrogens with zero attached hydrogens (tertiary/aromatic N) is 1. The van der Waals surface area contributed by atoms with Gasteiger partial charge in [0.2, 0.25) is 11.8 Å². The first-order valence-corrected chi connectivity index (χ1v) is 12.1. The first-order chi connectivity index (χ1) is 16.4. The second-order valence-electron chi connectivity index (χ2n) is 9.49. The van der Waals surface area contributed by atoms with Crippen LogP contribution >= 0.6 is 0 Å². The number of amides is 3. The maximum absolute atomic E-state index is 13.4. The zero-order valence-electron chi connectivity index (χ0n) is 22.2. The van der Waals surface area contributed by atoms with Gasteiger partial charge < -0.3 is 25.0 Å². The van der Waals surface area contributed by atoms with E-state index in [4.69, 9.17) is 4.74 Å². The van der Waals surface area contributed by atoms with Crippen molar-refractivity contribution in [2.45, 2.75) is 78.9 Å². The molecule has 0 aliphatic rings. The maximum atomic E-state index is 13.4. The van der Waals surface area contributed by atoms with Crippen molar-refractivity contribution in [2.75, 3.05) is 26.7 Å². The number of carbonyl (C=O) groups excluding carboxylic acids is 4. The number of ether oxygens (including phenoxy) is 2. The molecule has 0 bridgehead atoms. The van der Waals surface area contributed by atoms with E-state index < -0.39 is 35.5 Å². The van der Waals surface area contributed by atoms with Gasteiger partial charge in [-0.15, -0.1) is 0 Å². The Morgan fingerprint density at radius 3 is 2.29 bits per heavy atom. The molecule has 0 saturated carbocycles. The van der Waals surface area contributed by atoms with Crippen molar-refractivity contribution in [1.29, 1.82) is 0 Å². The van der Waals surface area contributed by atoms with Crippen LogP contribution in [0.15, 0.2) is 18.2 Å². The van der Waals surface area contributed by atoms with Crippen LogP contribution in [0.1, 0.15) is 76.1 Å². The lowest BCUT2D eigenvalue weighted by Gasteiger charge is -2.33. The van der Waals surface area contributed by atoms with Gasteiger partial charge in [-0.3, -0.25) is 14.4 Å². The van der Waals surface area contributed by atoms with Gasteiger partial charge in [0.15, 0.2) is 0 Å². The Labute approximate surface area is 208 Å². The Morgan fingerprint density at radius 1 is 1.00 bits per heavy atom. The third-order valence-electron chi connectivity index (χ3n) is 5.49. The van der Waals surface area contributed by atoms with Crippen molar-refractivity contribution in [3.8, 4) is 0 Å². The average Bonchev–Trinajstić information content (AvgIpc) is 2.79. The molecule has 1 atom stereocenters. The molecular formula is C26H41N3O6. The molecule has 0 fully saturated rings. The third-order valence-corrected chi connectivity index (χ3v) is 5.49. The molecule has 1 unspecified atom stereocenters. The molecule has 1 rings (SSSR count). The van der Waals surface area contributed by atoms with Crippen LogP contribution in [0.3, 0.4) is 0 Å². The first-order valence-electron chi connectivity index (χ1n) is 12.1. The van der Waals surface area contributed by atoms with Gasteiger partial charge in [-0.25, -0.2) is 4.79 Å². The number of esters is 1. The zero-order chi connectivity index (χ0) is 26.6. The van der Waals surface area contributed by atoms with Crippen LogP contribution in [0.5, 0.6) is 0 Å². The van der Waals surface area contributed by atoms with E-state index in [-0.39, 0.29) is 13.1 Å². The molecule has 0 aliphatic carbocycles. The predicted octanol–water partition coefficient (Wildman–Crippen LogP) is 3.57. The smallest absolute Gasteiger partial charge is 0.408 e. The topological polar surface area (TPSA) is 114 Å². The standard InChI is InChI=1S/C26H41N3O6/c1-8-9-10-11-15-29(21(30)16-28-25(33)35-26(4,5)6)23(24(32)27-17-22(31)34-7)20-14-12-13-18(2)19(20)3/h12-14,23H,8-11,15-17H2,1-7H3,(H,27,32)(H,28,33). The summed E-state index contributed by atoms with van der Waals surface area (Å²) >= 11 is 0. The summed E-state index contributed by atoms with van der Waals surface area (Å²) in [5, 5.41) is 5.09. The van der Waals surface area contributed by atoms with E-state index in [0.717, 1.165) is 30.4 Å². The van der Waals surface area contributed by atoms with Crippen molar-refractivity contribution >= 4 is 23.9 Å². The van der Waals surface area contributed by atoms with Gasteiger partial charge in [0, 0.05) is 6.54 Å². The van der Waals surface area contributed by atoms with Crippen LogP contribution < -0.4 is 10.6 Å². The summed E-state index contributed by atoms with van der Waals surface area (Å²) in [7, 11) is 1.24. The van der Waals surface area contributed by atoms with Crippen molar-refractivity contribution in [1.82, 2.24) is 15.5 Å². The number of rotatable bonds is 12. The fourth-order valence-corrected chi connectivity index (χ4v) is 3.52. The SMILES string of the molecule is CCCCCCN(C(=O)CNC(=O)OC(C)(C)C)C(C(=O)NCC(=O)OC)c1cccc(C)c1C. The number of carbonyl (C=O) groups is 4. The second kappa shape index (κ2) is 14.3. The fraction of sp³-hybridized carbons (Fsp3) is 0.615. The van der Waals surface area contributed by atoms with Gasteiger partial charge in [0.05, 0.1) is 7.11 Å². The number of alkyl carbamates (subject to hydrolysis) is 1. The molecule has 9 nitrogen and oxygen atoms in total. The van der Waals surface area contributed by atoms with Gasteiger partial charge in [-0.05, 0) is 57.7 Å². The van der Waals surface area contributed by atoms with E-state index in [2.05, 4.69) is 22.3 Å². The molecule has 9 heteroatoms. The Hall–Kier alpha value is -3.10. The van der Waals surface area contributed by atoms with E-state index >= 15 is 0 Å². The normalized spacial score (nSPS) is 11.9. The highest BCUT2D eigenvalue weighted by molar-refractivity contribution is 5.92. The van der Waals surface area contributed by atoms with E-state index in [1.165, 1.54) is 12.0 Å². The molecule has 2 N–H and O–H groups in total. The summed E-state index contributed by atoms with van der Waals surface area (Å²) in [6.07, 6.45) is 2.89. The number of unbranched alkanes of at least 4 members (excludes halogenated alkanes) is 3. The molecule has 0 radical (unpaired) electrons. The third kappa shape index (κ3) is 10.4. The highest BCUT2D eigenvalue weighted by atomic mass is 16.6. The second-order valence-corrected chi connectivity index (χ2v) is 9.49. The lowest BCUT2D eigenvalue weighted by atomic mass is 9.95. The van der Waals surface area contributed by atoms with Gasteiger partial charge >= 0.3 is 12.1 Å². The van der Waals surface area contributed by atoms with Crippen molar-refractivity contribution in [3.05, 3.63) is 34.9 Å². The lowest BCUT2D eigenvalue weighted by molar-refractivity contribution is -0.143. The molecule has 35 heavy (non-hydrogen) atoms. The lowest BCUT2D eigenvalue weighted by Crippen LogP contribution is -2.49. The van der Waals surface area contributed by atoms with E-state index in [1.807, 2.05) is 26.0 Å². The Balaban J connectivity index is 3.28. The molecule has 0 heterocycles. The minimum absolute atomic E-state index is 0.315. The minimum atomic E-state index is -0.978. The molecule has 1 aromatic carbocycles. The maximum Gasteiger partial charge on any atom is 0.408 e. The summed E-state index contributed by atoms with van der Waals surface area (Å²) in [6.45, 7) is 10.8. The largest absolute Gasteiger partial charge is 0.468 e. The van der Waals surface area contributed by atoms with Gasteiger partial charge in [-0.1, -0.05) is 44.4 Å². The van der Waals surface area contributed by atoms with Crippen LogP contribution in [0.2, 0.25) is 0 Å². The number of hydrogen-bond donors (Lipinski definition) is 2. The molecule has 1 aromatic rings. The summed E-state index contributed by atoms with van der Waals surface area (Å²) < 4.78 is 9.87. The predicted molar refractivity (Wildman–Crippen MR) is 134 cm³/mol. The molecule has 3 amide bonds. The molecule has 0 aromatic heterocycles. The van der Waals surface area contributed by atoms with Crippen molar-refractivity contribution in [3.63, 3.8) is 0 Å². The molecule has 0 spiro atoms. The van der Waals surface area contributed by atoms with E-state index in [9.17, 15) is 19.2 Å². The summed E-state index contributed by atoms with van der Waals surface area (Å²) in [4.78, 5) is 52.0. The fourth-order valence-electron chi connectivity index (χ4n) is 3.52. The highest BCUT2D eigenvalue weighted by Crippen LogP contribution is 2.27. The van der Waals surface area contributed by atoms with Crippen LogP contribution in [0.4, 0.5) is 4.79 Å². The highest BCUT2D eigenvalue weighted by Gasteiger charge is 2.33. The van der Waals surface area contributed by atoms with Crippen LogP contribution in [0.25, 0.3) is 0 Å².